The van der Waals surface area contributed by atoms with Crippen molar-refractivity contribution in [3.8, 4) is 5.75 Å². The van der Waals surface area contributed by atoms with Crippen LogP contribution >= 0.6 is 0 Å². The number of oxazole rings is 1. The number of benzene rings is 2. The number of carbonyl (C=O) groups excluding carboxylic acids is 1. The van der Waals surface area contributed by atoms with Gasteiger partial charge in [-0.05, 0) is 31.2 Å². The van der Waals surface area contributed by atoms with Gasteiger partial charge in [0, 0.05) is 5.56 Å². The van der Waals surface area contributed by atoms with Crippen LogP contribution in [-0.4, -0.2) is 24.7 Å². The Morgan fingerprint density at radius 3 is 2.67 bits per heavy atom. The lowest BCUT2D eigenvalue weighted by molar-refractivity contribution is -0.136. The van der Waals surface area contributed by atoms with E-state index in [1.165, 1.54) is 0 Å². The highest BCUT2D eigenvalue weighted by molar-refractivity contribution is 6.20. The summed E-state index contributed by atoms with van der Waals surface area (Å²) < 4.78 is 16.2. The zero-order valence-corrected chi connectivity index (χ0v) is 13.5. The Hall–Kier alpha value is -3.08. The molecule has 0 amide bonds. The number of fused-ring (bicyclic) bond motifs is 1. The lowest BCUT2D eigenvalue weighted by Crippen LogP contribution is -2.07. The summed E-state index contributed by atoms with van der Waals surface area (Å²) in [4.78, 5) is 16.8. The Bertz CT molecular complexity index is 862. The zero-order chi connectivity index (χ0) is 16.9. The third-order valence-electron chi connectivity index (χ3n) is 3.46. The molecule has 0 unspecified atom stereocenters. The second kappa shape index (κ2) is 7.00. The molecular weight excluding hydrogens is 306 g/mol. The molecule has 3 rings (SSSR count). The standard InChI is InChI=1S/C19H17NO4/c1-3-23-19(21)14(12-13-8-4-6-10-16(13)22-2)18-20-15-9-5-7-11-17(15)24-18/h4-12H,3H2,1-2H3. The summed E-state index contributed by atoms with van der Waals surface area (Å²) in [5.74, 6) is 0.380. The van der Waals surface area contributed by atoms with Crippen molar-refractivity contribution < 1.29 is 18.7 Å². The molecule has 0 atom stereocenters. The minimum Gasteiger partial charge on any atom is -0.496 e. The van der Waals surface area contributed by atoms with E-state index in [0.29, 0.717) is 16.8 Å². The van der Waals surface area contributed by atoms with Crippen LogP contribution in [0.2, 0.25) is 0 Å². The van der Waals surface area contributed by atoms with E-state index in [4.69, 9.17) is 13.9 Å². The number of hydrogen-bond donors (Lipinski definition) is 0. The maximum atomic E-state index is 12.4. The average Bonchev–Trinajstić information content (AvgIpc) is 3.03. The van der Waals surface area contributed by atoms with Crippen molar-refractivity contribution in [1.82, 2.24) is 4.98 Å². The monoisotopic (exact) mass is 323 g/mol. The Morgan fingerprint density at radius 1 is 1.17 bits per heavy atom. The molecule has 5 heteroatoms. The van der Waals surface area contributed by atoms with E-state index < -0.39 is 5.97 Å². The lowest BCUT2D eigenvalue weighted by atomic mass is 10.1. The zero-order valence-electron chi connectivity index (χ0n) is 13.5. The molecule has 5 nitrogen and oxygen atoms in total. The van der Waals surface area contributed by atoms with Gasteiger partial charge >= 0.3 is 5.97 Å². The molecule has 3 aromatic rings. The molecule has 24 heavy (non-hydrogen) atoms. The van der Waals surface area contributed by atoms with Crippen LogP contribution in [0, 0.1) is 0 Å². The highest BCUT2D eigenvalue weighted by atomic mass is 16.5. The van der Waals surface area contributed by atoms with Crippen LogP contribution in [0.4, 0.5) is 0 Å². The van der Waals surface area contributed by atoms with Crippen molar-refractivity contribution in [2.24, 2.45) is 0 Å². The highest BCUT2D eigenvalue weighted by Crippen LogP contribution is 2.27. The first-order valence-corrected chi connectivity index (χ1v) is 7.60. The van der Waals surface area contributed by atoms with E-state index in [1.54, 1.807) is 26.2 Å². The van der Waals surface area contributed by atoms with Crippen molar-refractivity contribution in [1.29, 1.82) is 0 Å². The van der Waals surface area contributed by atoms with Crippen LogP contribution in [-0.2, 0) is 9.53 Å². The van der Waals surface area contributed by atoms with Gasteiger partial charge in [0.05, 0.1) is 13.7 Å². The van der Waals surface area contributed by atoms with Gasteiger partial charge in [-0.3, -0.25) is 0 Å². The molecule has 0 N–H and O–H groups in total. The third-order valence-corrected chi connectivity index (χ3v) is 3.46. The summed E-state index contributed by atoms with van der Waals surface area (Å²) in [5.41, 5.74) is 2.29. The van der Waals surface area contributed by atoms with E-state index in [0.717, 1.165) is 5.56 Å². The average molecular weight is 323 g/mol. The predicted octanol–water partition coefficient (Wildman–Crippen LogP) is 3.94. The van der Waals surface area contributed by atoms with E-state index in [-0.39, 0.29) is 18.1 Å². The second-order valence-corrected chi connectivity index (χ2v) is 5.01. The summed E-state index contributed by atoms with van der Waals surface area (Å²) in [5, 5.41) is 0. The number of para-hydroxylation sites is 3. The molecule has 1 heterocycles. The number of carbonyl (C=O) groups is 1. The van der Waals surface area contributed by atoms with Gasteiger partial charge in [-0.1, -0.05) is 30.3 Å². The minimum atomic E-state index is -0.491. The molecule has 0 saturated heterocycles. The topological polar surface area (TPSA) is 61.6 Å². The number of methoxy groups -OCH3 is 1. The van der Waals surface area contributed by atoms with Crippen molar-refractivity contribution in [2.45, 2.75) is 6.92 Å². The van der Waals surface area contributed by atoms with Gasteiger partial charge in [0.15, 0.2) is 5.58 Å². The number of hydrogen-bond acceptors (Lipinski definition) is 5. The fraction of sp³-hybridized carbons (Fsp3) is 0.158. The number of esters is 1. The van der Waals surface area contributed by atoms with Gasteiger partial charge in [0.25, 0.3) is 0 Å². The summed E-state index contributed by atoms with van der Waals surface area (Å²) in [6.45, 7) is 2.02. The Balaban J connectivity index is 2.12. The van der Waals surface area contributed by atoms with E-state index in [2.05, 4.69) is 4.98 Å². The van der Waals surface area contributed by atoms with Gasteiger partial charge in [-0.2, -0.15) is 0 Å². The lowest BCUT2D eigenvalue weighted by Gasteiger charge is -2.07. The highest BCUT2D eigenvalue weighted by Gasteiger charge is 2.20. The Labute approximate surface area is 139 Å². The first-order valence-electron chi connectivity index (χ1n) is 7.60. The summed E-state index contributed by atoms with van der Waals surface area (Å²) in [6, 6.07) is 14.7. The molecule has 0 aliphatic carbocycles. The number of aromatic nitrogens is 1. The van der Waals surface area contributed by atoms with Gasteiger partial charge in [0.1, 0.15) is 16.8 Å². The minimum absolute atomic E-state index is 0.223. The number of nitrogens with zero attached hydrogens (tertiary/aromatic N) is 1. The second-order valence-electron chi connectivity index (χ2n) is 5.01. The van der Waals surface area contributed by atoms with Crippen LogP contribution in [0.15, 0.2) is 52.9 Å². The first-order chi connectivity index (χ1) is 11.7. The van der Waals surface area contributed by atoms with Crippen molar-refractivity contribution in [2.75, 3.05) is 13.7 Å². The van der Waals surface area contributed by atoms with Crippen LogP contribution in [0.3, 0.4) is 0 Å². The summed E-state index contributed by atoms with van der Waals surface area (Å²) in [6.07, 6.45) is 1.67. The fourth-order valence-corrected chi connectivity index (χ4v) is 2.35. The first kappa shape index (κ1) is 15.8. The van der Waals surface area contributed by atoms with Gasteiger partial charge in [-0.25, -0.2) is 9.78 Å². The van der Waals surface area contributed by atoms with E-state index in [1.807, 2.05) is 42.5 Å². The van der Waals surface area contributed by atoms with E-state index in [9.17, 15) is 4.79 Å². The normalized spacial score (nSPS) is 11.5. The molecule has 0 radical (unpaired) electrons. The van der Waals surface area contributed by atoms with Gasteiger partial charge in [-0.15, -0.1) is 0 Å². The molecular formula is C19H17NO4. The Kier molecular flexibility index (Phi) is 4.61. The molecule has 0 spiro atoms. The Morgan fingerprint density at radius 2 is 1.92 bits per heavy atom. The molecule has 0 aliphatic heterocycles. The molecule has 122 valence electrons. The summed E-state index contributed by atoms with van der Waals surface area (Å²) in [7, 11) is 1.58. The quantitative estimate of drug-likeness (QED) is 0.526. The number of rotatable bonds is 5. The van der Waals surface area contributed by atoms with Crippen molar-refractivity contribution >= 4 is 28.7 Å². The van der Waals surface area contributed by atoms with Crippen LogP contribution < -0.4 is 4.74 Å². The third kappa shape index (κ3) is 3.15. The van der Waals surface area contributed by atoms with Crippen LogP contribution in [0.1, 0.15) is 18.4 Å². The maximum absolute atomic E-state index is 12.4. The van der Waals surface area contributed by atoms with Gasteiger partial charge < -0.3 is 13.9 Å². The molecule has 0 fully saturated rings. The van der Waals surface area contributed by atoms with Crippen LogP contribution in [0.25, 0.3) is 22.7 Å². The molecule has 2 aromatic carbocycles. The molecule has 0 bridgehead atoms. The fourth-order valence-electron chi connectivity index (χ4n) is 2.35. The molecule has 0 aliphatic rings. The largest absolute Gasteiger partial charge is 0.496 e. The van der Waals surface area contributed by atoms with Crippen LogP contribution in [0.5, 0.6) is 5.75 Å². The van der Waals surface area contributed by atoms with Crippen molar-refractivity contribution in [3.63, 3.8) is 0 Å². The smallest absolute Gasteiger partial charge is 0.343 e. The SMILES string of the molecule is CCOC(=O)C(=Cc1ccccc1OC)c1nc2ccccc2o1. The maximum Gasteiger partial charge on any atom is 0.343 e. The van der Waals surface area contributed by atoms with Crippen molar-refractivity contribution in [3.05, 3.63) is 60.0 Å². The molecule has 1 aromatic heterocycles. The predicted molar refractivity (Wildman–Crippen MR) is 91.5 cm³/mol. The summed E-state index contributed by atoms with van der Waals surface area (Å²) >= 11 is 0. The number of ether oxygens (including phenoxy) is 2. The van der Waals surface area contributed by atoms with Gasteiger partial charge in [0.2, 0.25) is 5.89 Å². The molecule has 0 saturated carbocycles. The van der Waals surface area contributed by atoms with E-state index >= 15 is 0 Å².